The molecule has 1 aromatic heterocycles. The van der Waals surface area contributed by atoms with E-state index in [9.17, 15) is 13.2 Å². The first-order valence-corrected chi connectivity index (χ1v) is 12.3. The lowest BCUT2D eigenvalue weighted by Crippen LogP contribution is -2.12. The molecular formula is C22H17ClN4O3S2. The number of nitrogens with one attached hydrogen (secondary N) is 1. The van der Waals surface area contributed by atoms with E-state index >= 15 is 0 Å². The summed E-state index contributed by atoms with van der Waals surface area (Å²) in [6.07, 6.45) is 0. The summed E-state index contributed by atoms with van der Waals surface area (Å²) >= 11 is 7.09. The number of anilines is 2. The quantitative estimate of drug-likeness (QED) is 0.223. The van der Waals surface area contributed by atoms with Crippen LogP contribution in [-0.4, -0.2) is 29.9 Å². The number of nitrogens with two attached hydrogens (primary N) is 1. The molecule has 0 aliphatic heterocycles. The topological polar surface area (TPSA) is 115 Å². The van der Waals surface area contributed by atoms with Gasteiger partial charge in [0.05, 0.1) is 16.2 Å². The molecule has 32 heavy (non-hydrogen) atoms. The van der Waals surface area contributed by atoms with Crippen LogP contribution in [-0.2, 0) is 10.0 Å². The molecule has 3 N–H and O–H groups in total. The monoisotopic (exact) mass is 484 g/mol. The van der Waals surface area contributed by atoms with Crippen LogP contribution in [0.4, 0.5) is 11.5 Å². The second-order valence-electron chi connectivity index (χ2n) is 6.79. The number of benzene rings is 3. The van der Waals surface area contributed by atoms with Crippen LogP contribution in [0.25, 0.3) is 10.9 Å². The summed E-state index contributed by atoms with van der Waals surface area (Å²) in [6, 6.07) is 20.3. The van der Waals surface area contributed by atoms with Crippen molar-refractivity contribution in [2.45, 2.75) is 10.1 Å². The molecule has 3 aromatic carbocycles. The van der Waals surface area contributed by atoms with Crippen LogP contribution < -0.4 is 10.5 Å². The van der Waals surface area contributed by atoms with Gasteiger partial charge in [0.1, 0.15) is 5.82 Å². The van der Waals surface area contributed by atoms with Crippen molar-refractivity contribution in [2.75, 3.05) is 11.1 Å². The van der Waals surface area contributed by atoms with Crippen molar-refractivity contribution < 1.29 is 13.2 Å². The minimum Gasteiger partial charge on any atom is -0.340 e. The van der Waals surface area contributed by atoms with Gasteiger partial charge in [-0.25, -0.2) is 23.5 Å². The van der Waals surface area contributed by atoms with E-state index in [0.717, 1.165) is 5.39 Å². The Hall–Kier alpha value is -2.98. The molecule has 0 amide bonds. The molecule has 0 saturated carbocycles. The van der Waals surface area contributed by atoms with Gasteiger partial charge in [0.2, 0.25) is 10.0 Å². The molecule has 0 bridgehead atoms. The maximum Gasteiger partial charge on any atom is 0.238 e. The van der Waals surface area contributed by atoms with Gasteiger partial charge < -0.3 is 5.32 Å². The summed E-state index contributed by atoms with van der Waals surface area (Å²) < 4.78 is 23.3. The van der Waals surface area contributed by atoms with E-state index in [2.05, 4.69) is 15.3 Å². The lowest BCUT2D eigenvalue weighted by atomic mass is 10.1. The van der Waals surface area contributed by atoms with Gasteiger partial charge in [0, 0.05) is 21.7 Å². The van der Waals surface area contributed by atoms with Crippen LogP contribution in [0.15, 0.2) is 82.8 Å². The molecule has 4 aromatic rings. The molecule has 1 heterocycles. The highest BCUT2D eigenvalue weighted by atomic mass is 35.5. The second kappa shape index (κ2) is 9.25. The number of carbonyl (C=O) groups excluding carboxylic acids is 1. The smallest absolute Gasteiger partial charge is 0.238 e. The Labute approximate surface area is 194 Å². The number of aromatic nitrogens is 2. The highest BCUT2D eigenvalue weighted by molar-refractivity contribution is 7.99. The molecule has 10 heteroatoms. The molecule has 0 unspecified atom stereocenters. The van der Waals surface area contributed by atoms with E-state index in [1.54, 1.807) is 36.4 Å². The van der Waals surface area contributed by atoms with Crippen LogP contribution >= 0.6 is 23.4 Å². The largest absolute Gasteiger partial charge is 0.340 e. The molecular weight excluding hydrogens is 468 g/mol. The van der Waals surface area contributed by atoms with Crippen molar-refractivity contribution in [3.05, 3.63) is 83.4 Å². The number of hydrogen-bond donors (Lipinski definition) is 2. The third-order valence-electron chi connectivity index (χ3n) is 4.51. The fraction of sp³-hybridized carbons (Fsp3) is 0.0455. The molecule has 0 aliphatic carbocycles. The van der Waals surface area contributed by atoms with Crippen molar-refractivity contribution in [1.29, 1.82) is 0 Å². The van der Waals surface area contributed by atoms with Gasteiger partial charge in [-0.3, -0.25) is 4.79 Å². The van der Waals surface area contributed by atoms with E-state index in [1.807, 2.05) is 24.3 Å². The molecule has 162 valence electrons. The number of ketones is 1. The van der Waals surface area contributed by atoms with Crippen LogP contribution in [0.3, 0.4) is 0 Å². The maximum atomic E-state index is 12.5. The number of nitrogens with zero attached hydrogens (tertiary/aromatic N) is 2. The Morgan fingerprint density at radius 2 is 1.75 bits per heavy atom. The molecule has 0 radical (unpaired) electrons. The third kappa shape index (κ3) is 5.25. The summed E-state index contributed by atoms with van der Waals surface area (Å²) in [7, 11) is -3.84. The Morgan fingerprint density at radius 3 is 2.50 bits per heavy atom. The van der Waals surface area contributed by atoms with Gasteiger partial charge >= 0.3 is 0 Å². The van der Waals surface area contributed by atoms with Crippen molar-refractivity contribution in [3.63, 3.8) is 0 Å². The number of thioether (sulfide) groups is 1. The SMILES string of the molecule is NS(=O)(=O)c1cccc(Nc2nc(SCC(=O)c3ccc(Cl)cc3)nc3ccccc23)c1. The molecule has 0 spiro atoms. The number of carbonyl (C=O) groups is 1. The van der Waals surface area contributed by atoms with E-state index in [0.29, 0.717) is 32.8 Å². The Kier molecular flexibility index (Phi) is 6.43. The van der Waals surface area contributed by atoms with E-state index in [-0.39, 0.29) is 16.4 Å². The normalized spacial score (nSPS) is 11.4. The number of sulfonamides is 1. The highest BCUT2D eigenvalue weighted by Gasteiger charge is 2.13. The summed E-state index contributed by atoms with van der Waals surface area (Å²) in [5.41, 5.74) is 1.75. The zero-order valence-corrected chi connectivity index (χ0v) is 18.9. The first-order chi connectivity index (χ1) is 15.3. The predicted octanol–water partition coefficient (Wildman–Crippen LogP) is 4.65. The lowest BCUT2D eigenvalue weighted by Gasteiger charge is -2.11. The first kappa shape index (κ1) is 22.2. The van der Waals surface area contributed by atoms with Gasteiger partial charge in [-0.15, -0.1) is 0 Å². The summed E-state index contributed by atoms with van der Waals surface area (Å²) in [5, 5.41) is 10.1. The van der Waals surface area contributed by atoms with Crippen molar-refractivity contribution in [1.82, 2.24) is 9.97 Å². The number of halogens is 1. The standard InChI is InChI=1S/C22H17ClN4O3S2/c23-15-10-8-14(9-11-15)20(28)13-31-22-26-19-7-2-1-6-18(19)21(27-22)25-16-4-3-5-17(12-16)32(24,29)30/h1-12H,13H2,(H2,24,29,30)(H,25,26,27). The zero-order valence-electron chi connectivity index (χ0n) is 16.5. The maximum absolute atomic E-state index is 12.5. The number of primary sulfonamides is 1. The predicted molar refractivity (Wildman–Crippen MR) is 127 cm³/mol. The average Bonchev–Trinajstić information content (AvgIpc) is 2.77. The van der Waals surface area contributed by atoms with Crippen molar-refractivity contribution in [2.24, 2.45) is 5.14 Å². The van der Waals surface area contributed by atoms with E-state index in [1.165, 1.54) is 23.9 Å². The molecule has 0 atom stereocenters. The minimum absolute atomic E-state index is 0.0102. The summed E-state index contributed by atoms with van der Waals surface area (Å²) in [6.45, 7) is 0. The Morgan fingerprint density at radius 1 is 1.00 bits per heavy atom. The molecule has 4 rings (SSSR count). The summed E-state index contributed by atoms with van der Waals surface area (Å²) in [5.74, 6) is 0.572. The van der Waals surface area contributed by atoms with Crippen LogP contribution in [0, 0.1) is 0 Å². The second-order valence-corrected chi connectivity index (χ2v) is 9.73. The van der Waals surface area contributed by atoms with Gasteiger partial charge in [0.25, 0.3) is 0 Å². The number of rotatable bonds is 7. The van der Waals surface area contributed by atoms with E-state index < -0.39 is 10.0 Å². The van der Waals surface area contributed by atoms with E-state index in [4.69, 9.17) is 16.7 Å². The van der Waals surface area contributed by atoms with Gasteiger partial charge in [-0.1, -0.05) is 41.6 Å². The molecule has 0 saturated heterocycles. The van der Waals surface area contributed by atoms with Gasteiger partial charge in [-0.2, -0.15) is 0 Å². The number of Topliss-reactive ketones (excluding diaryl/α,β-unsaturated/α-hetero) is 1. The van der Waals surface area contributed by atoms with Gasteiger partial charge in [-0.05, 0) is 54.6 Å². The van der Waals surface area contributed by atoms with Crippen LogP contribution in [0.2, 0.25) is 5.02 Å². The molecule has 7 nitrogen and oxygen atoms in total. The minimum atomic E-state index is -3.84. The van der Waals surface area contributed by atoms with Crippen molar-refractivity contribution >= 4 is 61.6 Å². The lowest BCUT2D eigenvalue weighted by molar-refractivity contribution is 0.102. The third-order valence-corrected chi connectivity index (χ3v) is 6.52. The van der Waals surface area contributed by atoms with Crippen LogP contribution in [0.1, 0.15) is 10.4 Å². The Balaban J connectivity index is 1.62. The number of para-hydroxylation sites is 1. The first-order valence-electron chi connectivity index (χ1n) is 9.38. The molecule has 0 aliphatic rings. The highest BCUT2D eigenvalue weighted by Crippen LogP contribution is 2.28. The van der Waals surface area contributed by atoms with Gasteiger partial charge in [0.15, 0.2) is 10.9 Å². The fourth-order valence-electron chi connectivity index (χ4n) is 2.95. The Bertz CT molecular complexity index is 1410. The zero-order chi connectivity index (χ0) is 22.7. The van der Waals surface area contributed by atoms with Crippen molar-refractivity contribution in [3.8, 4) is 0 Å². The number of hydrogen-bond acceptors (Lipinski definition) is 7. The average molecular weight is 485 g/mol. The fourth-order valence-corrected chi connectivity index (χ4v) is 4.38. The van der Waals surface area contributed by atoms with Crippen LogP contribution in [0.5, 0.6) is 0 Å². The molecule has 0 fully saturated rings. The summed E-state index contributed by atoms with van der Waals surface area (Å²) in [4.78, 5) is 21.6. The number of fused-ring (bicyclic) bond motifs is 1.